The Morgan fingerprint density at radius 1 is 0.330 bits per heavy atom. The van der Waals surface area contributed by atoms with Crippen molar-refractivity contribution in [2.45, 2.75) is 367 Å². The zero-order chi connectivity index (χ0) is 68.2. The van der Waals surface area contributed by atoms with Gasteiger partial charge in [-0.25, -0.2) is 4.79 Å². The molecule has 0 aromatic heterocycles. The number of likely N-dealkylation sites (N-methyl/N-ethyl adjacent to an activating group) is 1. The normalized spacial score (nSPS) is 13.2. The number of carboxylic acid groups (broad SMARTS) is 1. The summed E-state index contributed by atoms with van der Waals surface area (Å²) in [6.07, 6.45) is 102. The molecule has 0 aliphatic rings. The van der Waals surface area contributed by atoms with Crippen molar-refractivity contribution in [1.82, 2.24) is 0 Å². The first-order chi connectivity index (χ1) is 46.1. The lowest BCUT2D eigenvalue weighted by molar-refractivity contribution is -0.870. The number of carbonyl (C=O) groups excluding carboxylic acids is 2. The van der Waals surface area contributed by atoms with Crippen molar-refractivity contribution in [2.75, 3.05) is 47.5 Å². The Bertz CT molecular complexity index is 1920. The molecule has 0 aliphatic carbocycles. The van der Waals surface area contributed by atoms with Gasteiger partial charge in [0, 0.05) is 12.8 Å². The Labute approximate surface area is 581 Å². The second-order valence-corrected chi connectivity index (χ2v) is 27.7. The van der Waals surface area contributed by atoms with Crippen LogP contribution in [-0.4, -0.2) is 87.4 Å². The number of quaternary nitrogens is 1. The van der Waals surface area contributed by atoms with Gasteiger partial charge in [-0.15, -0.1) is 0 Å². The van der Waals surface area contributed by atoms with Gasteiger partial charge in [-0.2, -0.15) is 0 Å². The van der Waals surface area contributed by atoms with Crippen molar-refractivity contribution >= 4 is 17.9 Å². The zero-order valence-corrected chi connectivity index (χ0v) is 62.1. The van der Waals surface area contributed by atoms with Crippen LogP contribution in [0, 0.1) is 0 Å². The van der Waals surface area contributed by atoms with Gasteiger partial charge in [-0.1, -0.05) is 367 Å². The van der Waals surface area contributed by atoms with E-state index in [0.717, 1.165) is 103 Å². The molecule has 0 aromatic carbocycles. The van der Waals surface area contributed by atoms with Gasteiger partial charge in [0.2, 0.25) is 0 Å². The molecule has 0 amide bonds. The fraction of sp³-hybridized carbons (Fsp3) is 0.753. The first-order valence-corrected chi connectivity index (χ1v) is 39.6. The minimum atomic E-state index is -1.52. The summed E-state index contributed by atoms with van der Waals surface area (Å²) in [7, 11) is 5.98. The van der Waals surface area contributed by atoms with Crippen LogP contribution in [0.1, 0.15) is 354 Å². The topological polar surface area (TPSA) is 108 Å². The highest BCUT2D eigenvalue weighted by Crippen LogP contribution is 2.19. The van der Waals surface area contributed by atoms with Crippen LogP contribution in [0.25, 0.3) is 0 Å². The molecule has 0 radical (unpaired) electrons. The summed E-state index contributed by atoms with van der Waals surface area (Å²) in [5.74, 6) is -2.01. The molecule has 0 rings (SSSR count). The molecule has 542 valence electrons. The van der Waals surface area contributed by atoms with Crippen LogP contribution in [0.3, 0.4) is 0 Å². The number of hydrogen-bond acceptors (Lipinski definition) is 7. The van der Waals surface area contributed by atoms with Crippen molar-refractivity contribution in [2.24, 2.45) is 0 Å². The molecule has 0 spiro atoms. The third-order valence-electron chi connectivity index (χ3n) is 17.3. The van der Waals surface area contributed by atoms with E-state index >= 15 is 0 Å². The summed E-state index contributed by atoms with van der Waals surface area (Å²) in [6.45, 7) is 4.79. The Morgan fingerprint density at radius 2 is 0.606 bits per heavy atom. The molecule has 0 saturated carbocycles. The maximum atomic E-state index is 13.0. The Kier molecular flexibility index (Phi) is 71.5. The van der Waals surface area contributed by atoms with Crippen LogP contribution in [0.15, 0.2) is 109 Å². The SMILES string of the molecule is CC/C=C\C/C=C\C/C=C\C/C=C\C/C=C\C/C=C\C/C=C\C/C=C\C/C=C\CCCCCCCCCC(=O)OC(COC(=O)CCCCCCCCCCCCCCCCCCCCCCCCCCCCCCCCCCCC)COC(OCC[N+](C)(C)C)C(=O)O. The number of nitrogens with zero attached hydrogens (tertiary/aromatic N) is 1. The van der Waals surface area contributed by atoms with E-state index in [4.69, 9.17) is 18.9 Å². The molecular weight excluding hydrogens is 1160 g/mol. The molecule has 2 atom stereocenters. The van der Waals surface area contributed by atoms with E-state index in [1.54, 1.807) is 0 Å². The third kappa shape index (κ3) is 75.3. The number of esters is 2. The molecule has 0 heterocycles. The van der Waals surface area contributed by atoms with Gasteiger partial charge < -0.3 is 28.5 Å². The van der Waals surface area contributed by atoms with E-state index in [1.807, 2.05) is 21.1 Å². The molecule has 0 aliphatic heterocycles. The first-order valence-electron chi connectivity index (χ1n) is 39.6. The molecule has 1 N–H and O–H groups in total. The number of hydrogen-bond donors (Lipinski definition) is 1. The van der Waals surface area contributed by atoms with Gasteiger partial charge in [0.25, 0.3) is 6.29 Å². The van der Waals surface area contributed by atoms with Crippen LogP contribution in [-0.2, 0) is 33.3 Å². The largest absolute Gasteiger partial charge is 0.477 e. The number of unbranched alkanes of at least 4 members (excludes halogenated alkanes) is 40. The lowest BCUT2D eigenvalue weighted by Crippen LogP contribution is -2.40. The van der Waals surface area contributed by atoms with Crippen molar-refractivity contribution < 1.29 is 42.9 Å². The van der Waals surface area contributed by atoms with E-state index in [1.165, 1.54) is 218 Å². The van der Waals surface area contributed by atoms with Crippen molar-refractivity contribution in [1.29, 1.82) is 0 Å². The first kappa shape index (κ1) is 90.0. The third-order valence-corrected chi connectivity index (χ3v) is 17.3. The van der Waals surface area contributed by atoms with E-state index in [0.29, 0.717) is 23.9 Å². The molecule has 0 saturated heterocycles. The summed E-state index contributed by atoms with van der Waals surface area (Å²) in [5.41, 5.74) is 0. The van der Waals surface area contributed by atoms with Crippen molar-refractivity contribution in [3.8, 4) is 0 Å². The van der Waals surface area contributed by atoms with E-state index in [2.05, 4.69) is 123 Å². The number of carbonyl (C=O) groups is 3. The monoisotopic (exact) mass is 1310 g/mol. The molecule has 94 heavy (non-hydrogen) atoms. The Hall–Kier alpha value is -4.05. The second-order valence-electron chi connectivity index (χ2n) is 27.7. The highest BCUT2D eigenvalue weighted by atomic mass is 16.7. The predicted molar refractivity (Wildman–Crippen MR) is 405 cm³/mol. The molecule has 0 fully saturated rings. The highest BCUT2D eigenvalue weighted by Gasteiger charge is 2.25. The molecule has 9 heteroatoms. The van der Waals surface area contributed by atoms with Crippen LogP contribution in [0.5, 0.6) is 0 Å². The lowest BCUT2D eigenvalue weighted by atomic mass is 10.0. The number of rotatable bonds is 73. The zero-order valence-electron chi connectivity index (χ0n) is 62.1. The second kappa shape index (κ2) is 74.7. The summed E-state index contributed by atoms with van der Waals surface area (Å²) >= 11 is 0. The van der Waals surface area contributed by atoms with E-state index in [-0.39, 0.29) is 32.2 Å². The fourth-order valence-corrected chi connectivity index (χ4v) is 11.3. The standard InChI is InChI=1S/C85H149NO8/c1-6-8-10-12-14-16-18-20-22-24-26-28-30-32-34-36-38-40-42-44-46-48-50-52-54-56-58-60-62-64-66-68-70-72-74-76-83(88)94-81(80-93-85(84(89)90)91-78-77-86(3,4)5)79-92-82(87)75-73-71-69-67-65-63-61-59-57-55-53-51-49-47-45-43-41-39-37-35-33-31-29-27-25-23-21-19-17-15-13-11-9-7-2/h8,10,14,16,20,22,26,28,32,34,38,40,44,46,50,52,56,58,81,85H,6-7,9,11-13,15,17-19,21,23-25,27,29-31,33,35-37,39,41-43,45,47-49,51,53-55,57,59-80H2,1-5H3/p+1/b10-8-,16-14-,22-20-,28-26-,34-32-,40-38-,46-44-,52-50-,58-56-. The van der Waals surface area contributed by atoms with Gasteiger partial charge in [-0.3, -0.25) is 9.59 Å². The van der Waals surface area contributed by atoms with Gasteiger partial charge in [-0.05, 0) is 83.5 Å². The molecular formula is C85H150NO8+. The Morgan fingerprint density at radius 3 is 0.904 bits per heavy atom. The fourth-order valence-electron chi connectivity index (χ4n) is 11.3. The van der Waals surface area contributed by atoms with Crippen LogP contribution in [0.2, 0.25) is 0 Å². The van der Waals surface area contributed by atoms with Gasteiger partial charge >= 0.3 is 17.9 Å². The van der Waals surface area contributed by atoms with Crippen molar-refractivity contribution in [3.05, 3.63) is 109 Å². The summed E-state index contributed by atoms with van der Waals surface area (Å²) in [4.78, 5) is 37.7. The summed E-state index contributed by atoms with van der Waals surface area (Å²) in [5, 5.41) is 9.77. The van der Waals surface area contributed by atoms with E-state index in [9.17, 15) is 19.5 Å². The molecule has 9 nitrogen and oxygen atoms in total. The van der Waals surface area contributed by atoms with Crippen LogP contribution >= 0.6 is 0 Å². The summed E-state index contributed by atoms with van der Waals surface area (Å²) in [6, 6.07) is 0. The number of allylic oxidation sites excluding steroid dienone is 18. The molecule has 0 aromatic rings. The summed E-state index contributed by atoms with van der Waals surface area (Å²) < 4.78 is 23.0. The maximum Gasteiger partial charge on any atom is 0.361 e. The van der Waals surface area contributed by atoms with Gasteiger partial charge in [0.05, 0.1) is 34.4 Å². The van der Waals surface area contributed by atoms with Crippen LogP contribution in [0.4, 0.5) is 0 Å². The number of aliphatic carboxylic acids is 1. The van der Waals surface area contributed by atoms with Crippen LogP contribution < -0.4 is 0 Å². The highest BCUT2D eigenvalue weighted by molar-refractivity contribution is 5.71. The van der Waals surface area contributed by atoms with Crippen molar-refractivity contribution in [3.63, 3.8) is 0 Å². The number of carboxylic acids is 1. The minimum absolute atomic E-state index is 0.182. The predicted octanol–water partition coefficient (Wildman–Crippen LogP) is 25.3. The maximum absolute atomic E-state index is 13.0. The average molecular weight is 1310 g/mol. The molecule has 0 bridgehead atoms. The van der Waals surface area contributed by atoms with Gasteiger partial charge in [0.15, 0.2) is 6.10 Å². The average Bonchev–Trinajstić information content (AvgIpc) is 3.76. The smallest absolute Gasteiger partial charge is 0.361 e. The Balaban J connectivity index is 4.08. The quantitative estimate of drug-likeness (QED) is 0.0211. The lowest BCUT2D eigenvalue weighted by Gasteiger charge is -2.25. The molecule has 2 unspecified atom stereocenters. The number of ether oxygens (including phenoxy) is 4. The van der Waals surface area contributed by atoms with Gasteiger partial charge in [0.1, 0.15) is 13.2 Å². The minimum Gasteiger partial charge on any atom is -0.477 e. The van der Waals surface area contributed by atoms with E-state index < -0.39 is 24.3 Å².